The van der Waals surface area contributed by atoms with Crippen LogP contribution in [0, 0.1) is 0 Å². The third-order valence-corrected chi connectivity index (χ3v) is 5.42. The molecular formula is C26H31N3O7. The first kappa shape index (κ1) is 26.5. The van der Waals surface area contributed by atoms with E-state index >= 15 is 0 Å². The monoisotopic (exact) mass is 497 g/mol. The number of benzene rings is 2. The Morgan fingerprint density at radius 1 is 0.889 bits per heavy atom. The zero-order valence-corrected chi connectivity index (χ0v) is 20.5. The van der Waals surface area contributed by atoms with Gasteiger partial charge in [-0.3, -0.25) is 9.59 Å². The molecule has 1 atom stereocenters. The predicted molar refractivity (Wildman–Crippen MR) is 131 cm³/mol. The SMILES string of the molecule is CC(C)(C)OC(=O)N[C@@H](CC(=O)O)C(=O)NCCNC(=O)OCC1c2ccccc2-c2ccccc21. The number of carbonyl (C=O) groups excluding carboxylic acids is 3. The number of carboxylic acids is 1. The number of rotatable bonds is 9. The van der Waals surface area contributed by atoms with E-state index in [1.807, 2.05) is 48.5 Å². The molecule has 0 unspecified atom stereocenters. The third kappa shape index (κ3) is 7.21. The van der Waals surface area contributed by atoms with Gasteiger partial charge in [0.15, 0.2) is 0 Å². The standard InChI is InChI=1S/C26H31N3O7/c1-26(2,3)36-25(34)29-21(14-22(30)31)23(32)27-12-13-28-24(33)35-15-20-18-10-6-4-8-16(18)17-9-5-7-11-19(17)20/h4-11,20-21H,12-15H2,1-3H3,(H,27,32)(H,28,33)(H,29,34)(H,30,31)/t21-/m0/s1. The Labute approximate surface area is 209 Å². The van der Waals surface area contributed by atoms with Crippen LogP contribution in [0.1, 0.15) is 44.2 Å². The van der Waals surface area contributed by atoms with Gasteiger partial charge in [0.2, 0.25) is 5.91 Å². The summed E-state index contributed by atoms with van der Waals surface area (Å²) in [4.78, 5) is 47.6. The molecule has 10 nitrogen and oxygen atoms in total. The molecule has 1 aliphatic carbocycles. The van der Waals surface area contributed by atoms with E-state index in [4.69, 9.17) is 14.6 Å². The molecule has 1 aliphatic rings. The lowest BCUT2D eigenvalue weighted by atomic mass is 9.98. The fourth-order valence-electron chi connectivity index (χ4n) is 3.96. The minimum Gasteiger partial charge on any atom is -0.481 e. The maximum atomic E-state index is 12.4. The Balaban J connectivity index is 1.45. The van der Waals surface area contributed by atoms with Crippen molar-refractivity contribution >= 4 is 24.1 Å². The largest absolute Gasteiger partial charge is 0.481 e. The van der Waals surface area contributed by atoms with E-state index in [0.29, 0.717) is 0 Å². The zero-order chi connectivity index (χ0) is 26.3. The van der Waals surface area contributed by atoms with Gasteiger partial charge in [-0.1, -0.05) is 48.5 Å². The van der Waals surface area contributed by atoms with Crippen molar-refractivity contribution in [1.82, 2.24) is 16.0 Å². The first-order chi connectivity index (χ1) is 17.0. The van der Waals surface area contributed by atoms with E-state index in [0.717, 1.165) is 22.3 Å². The van der Waals surface area contributed by atoms with E-state index in [-0.39, 0.29) is 25.6 Å². The van der Waals surface area contributed by atoms with Crippen molar-refractivity contribution in [3.05, 3.63) is 59.7 Å². The molecule has 10 heteroatoms. The number of nitrogens with one attached hydrogen (secondary N) is 3. The highest BCUT2D eigenvalue weighted by Crippen LogP contribution is 2.44. The topological polar surface area (TPSA) is 143 Å². The molecule has 0 aliphatic heterocycles. The van der Waals surface area contributed by atoms with Gasteiger partial charge < -0.3 is 30.5 Å². The molecule has 0 radical (unpaired) electrons. The second-order valence-electron chi connectivity index (χ2n) is 9.34. The quantitative estimate of drug-likeness (QED) is 0.390. The second kappa shape index (κ2) is 11.6. The van der Waals surface area contributed by atoms with Gasteiger partial charge in [0.25, 0.3) is 0 Å². The van der Waals surface area contributed by atoms with Crippen LogP contribution in [0.25, 0.3) is 11.1 Å². The molecule has 0 saturated carbocycles. The summed E-state index contributed by atoms with van der Waals surface area (Å²) in [5.41, 5.74) is 3.64. The highest BCUT2D eigenvalue weighted by Gasteiger charge is 2.29. The Hall–Kier alpha value is -4.08. The van der Waals surface area contributed by atoms with Gasteiger partial charge in [-0.05, 0) is 43.0 Å². The molecule has 3 amide bonds. The molecule has 0 bridgehead atoms. The third-order valence-electron chi connectivity index (χ3n) is 5.42. The van der Waals surface area contributed by atoms with Crippen molar-refractivity contribution in [3.8, 4) is 11.1 Å². The second-order valence-corrected chi connectivity index (χ2v) is 9.34. The fraction of sp³-hybridized carbons (Fsp3) is 0.385. The number of ether oxygens (including phenoxy) is 2. The normalized spacial score (nSPS) is 13.1. The molecule has 0 aromatic heterocycles. The van der Waals surface area contributed by atoms with Crippen LogP contribution < -0.4 is 16.0 Å². The lowest BCUT2D eigenvalue weighted by Gasteiger charge is -2.22. The smallest absolute Gasteiger partial charge is 0.408 e. The number of fused-ring (bicyclic) bond motifs is 3. The molecule has 4 N–H and O–H groups in total. The van der Waals surface area contributed by atoms with Gasteiger partial charge >= 0.3 is 18.2 Å². The number of aliphatic carboxylic acids is 1. The average Bonchev–Trinajstić information content (AvgIpc) is 3.12. The number of alkyl carbamates (subject to hydrolysis) is 2. The number of amides is 3. The molecule has 0 saturated heterocycles. The molecule has 0 spiro atoms. The van der Waals surface area contributed by atoms with E-state index in [1.54, 1.807) is 20.8 Å². The summed E-state index contributed by atoms with van der Waals surface area (Å²) < 4.78 is 10.5. The van der Waals surface area contributed by atoms with Crippen LogP contribution in [-0.2, 0) is 19.1 Å². The predicted octanol–water partition coefficient (Wildman–Crippen LogP) is 3.01. The Kier molecular flexibility index (Phi) is 8.52. The van der Waals surface area contributed by atoms with E-state index in [9.17, 15) is 19.2 Å². The van der Waals surface area contributed by atoms with E-state index in [2.05, 4.69) is 16.0 Å². The Morgan fingerprint density at radius 2 is 1.44 bits per heavy atom. The number of hydrogen-bond acceptors (Lipinski definition) is 6. The average molecular weight is 498 g/mol. The maximum absolute atomic E-state index is 12.4. The van der Waals surface area contributed by atoms with Gasteiger partial charge in [0.1, 0.15) is 18.2 Å². The van der Waals surface area contributed by atoms with Crippen molar-refractivity contribution in [2.75, 3.05) is 19.7 Å². The summed E-state index contributed by atoms with van der Waals surface area (Å²) in [6.45, 7) is 5.16. The van der Waals surface area contributed by atoms with Crippen molar-refractivity contribution in [3.63, 3.8) is 0 Å². The summed E-state index contributed by atoms with van der Waals surface area (Å²) >= 11 is 0. The van der Waals surface area contributed by atoms with Crippen LogP contribution in [-0.4, -0.2) is 60.5 Å². The van der Waals surface area contributed by atoms with Crippen molar-refractivity contribution in [2.45, 2.75) is 44.8 Å². The summed E-state index contributed by atoms with van der Waals surface area (Å²) in [6.07, 6.45) is -2.16. The van der Waals surface area contributed by atoms with Crippen LogP contribution in [0.4, 0.5) is 9.59 Å². The molecular weight excluding hydrogens is 466 g/mol. The van der Waals surface area contributed by atoms with Crippen LogP contribution >= 0.6 is 0 Å². The maximum Gasteiger partial charge on any atom is 0.408 e. The van der Waals surface area contributed by atoms with Crippen LogP contribution in [0.5, 0.6) is 0 Å². The lowest BCUT2D eigenvalue weighted by Crippen LogP contribution is -2.50. The Bertz CT molecular complexity index is 1080. The van der Waals surface area contributed by atoms with Gasteiger partial charge in [-0.2, -0.15) is 0 Å². The summed E-state index contributed by atoms with van der Waals surface area (Å²) in [5, 5.41) is 16.4. The fourth-order valence-corrected chi connectivity index (χ4v) is 3.96. The molecule has 2 aromatic carbocycles. The van der Waals surface area contributed by atoms with Crippen molar-refractivity contribution < 1.29 is 33.8 Å². The first-order valence-corrected chi connectivity index (χ1v) is 11.6. The van der Waals surface area contributed by atoms with Crippen molar-refractivity contribution in [2.24, 2.45) is 0 Å². The zero-order valence-electron chi connectivity index (χ0n) is 20.5. The number of hydrogen-bond donors (Lipinski definition) is 4. The van der Waals surface area contributed by atoms with Crippen LogP contribution in [0.2, 0.25) is 0 Å². The molecule has 2 aromatic rings. The summed E-state index contributed by atoms with van der Waals surface area (Å²) in [7, 11) is 0. The van der Waals surface area contributed by atoms with Gasteiger partial charge in [0, 0.05) is 19.0 Å². The molecule has 36 heavy (non-hydrogen) atoms. The molecule has 192 valence electrons. The van der Waals surface area contributed by atoms with E-state index < -0.39 is 42.1 Å². The Morgan fingerprint density at radius 3 is 2.00 bits per heavy atom. The summed E-state index contributed by atoms with van der Waals surface area (Å²) in [6, 6.07) is 14.7. The van der Waals surface area contributed by atoms with Gasteiger partial charge in [-0.25, -0.2) is 9.59 Å². The van der Waals surface area contributed by atoms with Crippen LogP contribution in [0.3, 0.4) is 0 Å². The van der Waals surface area contributed by atoms with E-state index in [1.165, 1.54) is 0 Å². The number of carboxylic acid groups (broad SMARTS) is 1. The summed E-state index contributed by atoms with van der Waals surface area (Å²) in [5.74, 6) is -2.04. The first-order valence-electron chi connectivity index (χ1n) is 11.6. The molecule has 3 rings (SSSR count). The lowest BCUT2D eigenvalue weighted by molar-refractivity contribution is -0.139. The molecule has 0 heterocycles. The molecule has 0 fully saturated rings. The highest BCUT2D eigenvalue weighted by molar-refractivity contribution is 5.89. The van der Waals surface area contributed by atoms with Gasteiger partial charge in [-0.15, -0.1) is 0 Å². The minimum atomic E-state index is -1.33. The van der Waals surface area contributed by atoms with Crippen molar-refractivity contribution in [1.29, 1.82) is 0 Å². The van der Waals surface area contributed by atoms with Gasteiger partial charge in [0.05, 0.1) is 6.42 Å². The minimum absolute atomic E-state index is 0.00907. The van der Waals surface area contributed by atoms with Crippen LogP contribution in [0.15, 0.2) is 48.5 Å². The highest BCUT2D eigenvalue weighted by atomic mass is 16.6. The number of carbonyl (C=O) groups is 4.